The summed E-state index contributed by atoms with van der Waals surface area (Å²) in [6.45, 7) is 2.80. The number of hydrogen-bond acceptors (Lipinski definition) is 13. The molecule has 0 saturated carbocycles. The summed E-state index contributed by atoms with van der Waals surface area (Å²) in [5.41, 5.74) is 0. The number of unbranched alkanes of at least 4 members (excludes halogenated alkanes) is 39. The predicted molar refractivity (Wildman–Crippen MR) is 373 cm³/mol. The highest BCUT2D eigenvalue weighted by atomic mass is 16.7. The molecule has 0 aliphatic carbocycles. The third-order valence-electron chi connectivity index (χ3n) is 18.1. The van der Waals surface area contributed by atoms with Crippen LogP contribution in [0.2, 0.25) is 0 Å². The summed E-state index contributed by atoms with van der Waals surface area (Å²) in [7, 11) is 0. The Bertz CT molecular complexity index is 1800. The number of rotatable bonds is 62. The second-order valence-corrected chi connectivity index (χ2v) is 26.4. The summed E-state index contributed by atoms with van der Waals surface area (Å²) in [6, 6.07) is -0.943. The van der Waals surface area contributed by atoms with E-state index in [2.05, 4.69) is 79.9 Å². The highest BCUT2D eigenvalue weighted by molar-refractivity contribution is 5.76. The summed E-state index contributed by atoms with van der Waals surface area (Å²) in [5, 5.41) is 87.5. The molecule has 0 aromatic carbocycles. The Morgan fingerprint density at radius 3 is 1.15 bits per heavy atom. The fraction of sp³-hybridized carbons (Fsp3) is 0.831. The molecular formula is C77H139NO13. The van der Waals surface area contributed by atoms with Gasteiger partial charge < -0.3 is 65.1 Å². The zero-order valence-corrected chi connectivity index (χ0v) is 57.8. The first-order valence-corrected chi connectivity index (χ1v) is 37.7. The molecule has 0 bridgehead atoms. The fourth-order valence-corrected chi connectivity index (χ4v) is 12.1. The van der Waals surface area contributed by atoms with E-state index < -0.39 is 86.8 Å². The monoisotopic (exact) mass is 1290 g/mol. The molecule has 0 radical (unpaired) electrons. The number of allylic oxidation sites excluding steroid dienone is 11. The van der Waals surface area contributed by atoms with Crippen molar-refractivity contribution in [1.29, 1.82) is 0 Å². The van der Waals surface area contributed by atoms with Gasteiger partial charge in [0, 0.05) is 6.42 Å². The molecule has 1 amide bonds. The van der Waals surface area contributed by atoms with Gasteiger partial charge in [0.25, 0.3) is 0 Å². The van der Waals surface area contributed by atoms with Gasteiger partial charge in [-0.1, -0.05) is 299 Å². The SMILES string of the molecule is CCCCCCC/C=C\C/C=C\C/C=C\CCCCCCCCCCCCCCCCC(=O)NC(COC1OC(CO)C(OC2OC(CO)C(O)C(O)C2O)C(O)C1O)C(O)/C=C/CC/C=C/CC/C=C/CCCCCCCCCCCCCCCCCCCC. The topological polar surface area (TPSA) is 228 Å². The number of amides is 1. The molecule has 2 rings (SSSR count). The van der Waals surface area contributed by atoms with Crippen molar-refractivity contribution in [2.75, 3.05) is 19.8 Å². The lowest BCUT2D eigenvalue weighted by molar-refractivity contribution is -0.359. The molecule has 12 unspecified atom stereocenters. The van der Waals surface area contributed by atoms with Gasteiger partial charge in [0.1, 0.15) is 48.8 Å². The first-order valence-electron chi connectivity index (χ1n) is 37.7. The second-order valence-electron chi connectivity index (χ2n) is 26.4. The van der Waals surface area contributed by atoms with Crippen LogP contribution in [0.4, 0.5) is 0 Å². The normalized spacial score (nSPS) is 23.2. The van der Waals surface area contributed by atoms with Crippen molar-refractivity contribution in [2.45, 2.75) is 389 Å². The Morgan fingerprint density at radius 1 is 0.396 bits per heavy atom. The van der Waals surface area contributed by atoms with Crippen LogP contribution < -0.4 is 5.32 Å². The molecule has 12 atom stereocenters. The number of carbonyl (C=O) groups is 1. The van der Waals surface area contributed by atoms with Crippen molar-refractivity contribution in [3.8, 4) is 0 Å². The molecular weight excluding hydrogens is 1150 g/mol. The summed E-state index contributed by atoms with van der Waals surface area (Å²) in [4.78, 5) is 13.4. The molecule has 14 heteroatoms. The summed E-state index contributed by atoms with van der Waals surface area (Å²) < 4.78 is 22.9. The zero-order chi connectivity index (χ0) is 65.9. The highest BCUT2D eigenvalue weighted by Gasteiger charge is 2.51. The van der Waals surface area contributed by atoms with Crippen LogP contribution in [0.5, 0.6) is 0 Å². The van der Waals surface area contributed by atoms with E-state index in [0.29, 0.717) is 12.8 Å². The van der Waals surface area contributed by atoms with Gasteiger partial charge in [-0.05, 0) is 83.5 Å². The Kier molecular flexibility index (Phi) is 56.7. The van der Waals surface area contributed by atoms with Crippen LogP contribution in [0.3, 0.4) is 0 Å². The number of nitrogens with one attached hydrogen (secondary N) is 1. The van der Waals surface area contributed by atoms with Gasteiger partial charge in [0.05, 0.1) is 32.0 Å². The molecule has 2 heterocycles. The van der Waals surface area contributed by atoms with Crippen molar-refractivity contribution in [3.63, 3.8) is 0 Å². The predicted octanol–water partition coefficient (Wildman–Crippen LogP) is 16.2. The second kappa shape index (κ2) is 61.1. The number of ether oxygens (including phenoxy) is 4. The maximum Gasteiger partial charge on any atom is 0.220 e. The zero-order valence-electron chi connectivity index (χ0n) is 57.8. The smallest absolute Gasteiger partial charge is 0.220 e. The van der Waals surface area contributed by atoms with E-state index in [0.717, 1.165) is 57.8 Å². The molecule has 2 aliphatic rings. The van der Waals surface area contributed by atoms with Crippen molar-refractivity contribution < 1.29 is 64.6 Å². The van der Waals surface area contributed by atoms with E-state index in [1.165, 1.54) is 225 Å². The Hall–Kier alpha value is -2.57. The molecule has 9 N–H and O–H groups in total. The van der Waals surface area contributed by atoms with Gasteiger partial charge in [-0.15, -0.1) is 0 Å². The molecule has 530 valence electrons. The molecule has 2 saturated heterocycles. The molecule has 2 fully saturated rings. The maximum atomic E-state index is 13.4. The van der Waals surface area contributed by atoms with Crippen molar-refractivity contribution in [2.24, 2.45) is 0 Å². The maximum absolute atomic E-state index is 13.4. The van der Waals surface area contributed by atoms with E-state index in [-0.39, 0.29) is 18.9 Å². The van der Waals surface area contributed by atoms with Crippen molar-refractivity contribution in [3.05, 3.63) is 72.9 Å². The molecule has 0 aromatic heterocycles. The van der Waals surface area contributed by atoms with E-state index in [1.54, 1.807) is 6.08 Å². The highest BCUT2D eigenvalue weighted by Crippen LogP contribution is 2.30. The van der Waals surface area contributed by atoms with Gasteiger partial charge in [-0.3, -0.25) is 4.79 Å². The van der Waals surface area contributed by atoms with Crippen LogP contribution in [-0.2, 0) is 23.7 Å². The average molecular weight is 1290 g/mol. The first-order chi connectivity index (χ1) is 44.6. The van der Waals surface area contributed by atoms with Crippen LogP contribution in [0, 0.1) is 0 Å². The standard InChI is InChI=1S/C77H139NO13/c1-3-5-7-9-11-13-15-17-19-21-23-25-27-29-31-33-35-37-39-41-43-45-47-49-51-53-55-57-59-61-69(82)78-65(64-88-76-74(87)72(85)75(68(63-80)90-76)91-77-73(86)71(84)70(83)67(62-79)89-77)66(81)60-58-56-54-52-50-48-46-44-42-40-38-36-34-32-30-28-26-24-22-20-18-16-14-12-10-8-6-4-2/h15,17,21,23,27,29,42,44,50,52,58,60,65-68,70-77,79-81,83-87H,3-14,16,18-20,22,24-26,28,30-41,43,45-49,51,53-57,59,61-64H2,1-2H3,(H,78,82)/b17-15-,23-21-,29-27-,44-42+,52-50+,60-58+. The van der Waals surface area contributed by atoms with Crippen LogP contribution in [-0.4, -0.2) is 140 Å². The Morgan fingerprint density at radius 2 is 0.736 bits per heavy atom. The number of carbonyl (C=O) groups excluding carboxylic acids is 1. The lowest BCUT2D eigenvalue weighted by Crippen LogP contribution is -2.65. The van der Waals surface area contributed by atoms with Gasteiger partial charge in [0.15, 0.2) is 12.6 Å². The van der Waals surface area contributed by atoms with Gasteiger partial charge in [-0.25, -0.2) is 0 Å². The largest absolute Gasteiger partial charge is 0.394 e. The van der Waals surface area contributed by atoms with E-state index >= 15 is 0 Å². The minimum absolute atomic E-state index is 0.252. The molecule has 2 aliphatic heterocycles. The fourth-order valence-electron chi connectivity index (χ4n) is 12.1. The lowest BCUT2D eigenvalue weighted by Gasteiger charge is -2.46. The van der Waals surface area contributed by atoms with Crippen LogP contribution in [0.15, 0.2) is 72.9 Å². The summed E-state index contributed by atoms with van der Waals surface area (Å²) in [5.74, 6) is -0.252. The van der Waals surface area contributed by atoms with Crippen molar-refractivity contribution in [1.82, 2.24) is 5.32 Å². The van der Waals surface area contributed by atoms with Gasteiger partial charge in [0.2, 0.25) is 5.91 Å². The molecule has 91 heavy (non-hydrogen) atoms. The van der Waals surface area contributed by atoms with Crippen LogP contribution >= 0.6 is 0 Å². The van der Waals surface area contributed by atoms with E-state index in [4.69, 9.17) is 18.9 Å². The van der Waals surface area contributed by atoms with E-state index in [9.17, 15) is 45.6 Å². The van der Waals surface area contributed by atoms with E-state index in [1.807, 2.05) is 6.08 Å². The van der Waals surface area contributed by atoms with Crippen molar-refractivity contribution >= 4 is 5.91 Å². The average Bonchev–Trinajstić information content (AvgIpc) is 1.06. The minimum Gasteiger partial charge on any atom is -0.394 e. The number of hydrogen-bond donors (Lipinski definition) is 9. The number of aliphatic hydroxyl groups is 8. The van der Waals surface area contributed by atoms with Crippen LogP contribution in [0.25, 0.3) is 0 Å². The summed E-state index contributed by atoms with van der Waals surface area (Å²) >= 11 is 0. The Labute approximate surface area is 555 Å². The third-order valence-corrected chi connectivity index (χ3v) is 18.1. The summed E-state index contributed by atoms with van der Waals surface area (Å²) in [6.07, 6.45) is 66.8. The third kappa shape index (κ3) is 44.7. The molecule has 0 spiro atoms. The van der Waals surface area contributed by atoms with Gasteiger partial charge in [-0.2, -0.15) is 0 Å². The Balaban J connectivity index is 1.68. The van der Waals surface area contributed by atoms with Gasteiger partial charge >= 0.3 is 0 Å². The lowest BCUT2D eigenvalue weighted by atomic mass is 9.97. The minimum atomic E-state index is -1.80. The van der Waals surface area contributed by atoms with Crippen LogP contribution in [0.1, 0.15) is 316 Å². The molecule has 14 nitrogen and oxygen atoms in total. The molecule has 0 aromatic rings. The number of aliphatic hydroxyl groups excluding tert-OH is 8. The first kappa shape index (κ1) is 84.5. The quantitative estimate of drug-likeness (QED) is 0.0204.